The molecule has 1 aromatic rings. The zero-order valence-electron chi connectivity index (χ0n) is 31.4. The Bertz CT molecular complexity index is 1810. The molecule has 5 amide bonds. The lowest BCUT2D eigenvalue weighted by atomic mass is 9.85. The summed E-state index contributed by atoms with van der Waals surface area (Å²) >= 11 is 0. The van der Waals surface area contributed by atoms with Crippen molar-refractivity contribution < 1.29 is 41.2 Å². The monoisotopic (exact) mass is 774 g/mol. The number of Topliss-reactive ketones (excluding diaryl/α,β-unsaturated/α-hetero) is 1. The smallest absolute Gasteiger partial charge is 0.315 e. The molecule has 2 unspecified atom stereocenters. The molecule has 8 atom stereocenters. The summed E-state index contributed by atoms with van der Waals surface area (Å²) in [5, 5.41) is 10.6. The number of ketones is 1. The Morgan fingerprint density at radius 3 is 2.31 bits per heavy atom. The first-order valence-corrected chi connectivity index (χ1v) is 20.3. The van der Waals surface area contributed by atoms with E-state index in [1.54, 1.807) is 45.0 Å². The quantitative estimate of drug-likeness (QED) is 0.166. The Kier molecular flexibility index (Phi) is 10.8. The van der Waals surface area contributed by atoms with Gasteiger partial charge in [0, 0.05) is 38.0 Å². The summed E-state index contributed by atoms with van der Waals surface area (Å²) in [5.41, 5.74) is -0.441. The molecule has 0 bridgehead atoms. The Morgan fingerprint density at radius 1 is 1.04 bits per heavy atom. The molecule has 2 heterocycles. The van der Waals surface area contributed by atoms with E-state index in [1.165, 1.54) is 15.3 Å². The van der Waals surface area contributed by atoms with Gasteiger partial charge in [-0.2, -0.15) is 4.31 Å². The second-order valence-electron chi connectivity index (χ2n) is 16.8. The van der Waals surface area contributed by atoms with Crippen molar-refractivity contribution in [2.45, 2.75) is 102 Å². The number of halogens is 2. The maximum Gasteiger partial charge on any atom is 0.315 e. The lowest BCUT2D eigenvalue weighted by Gasteiger charge is -2.37. The average molecular weight is 775 g/mol. The lowest BCUT2D eigenvalue weighted by Crippen LogP contribution is -2.62. The third-order valence-corrected chi connectivity index (χ3v) is 14.7. The maximum atomic E-state index is 14.6. The van der Waals surface area contributed by atoms with Crippen LogP contribution in [-0.2, 0) is 35.7 Å². The maximum absolute atomic E-state index is 14.6. The van der Waals surface area contributed by atoms with E-state index >= 15 is 0 Å². The third kappa shape index (κ3) is 7.03. The Balaban J connectivity index is 1.20. The Labute approximate surface area is 315 Å². The molecular formula is C38H52F2N6O7S. The zero-order chi connectivity index (χ0) is 39.5. The van der Waals surface area contributed by atoms with Crippen molar-refractivity contribution in [2.24, 2.45) is 40.4 Å². The summed E-state index contributed by atoms with van der Waals surface area (Å²) in [7, 11) is -3.77. The molecule has 4 fully saturated rings. The van der Waals surface area contributed by atoms with E-state index in [0.717, 1.165) is 12.8 Å². The van der Waals surface area contributed by atoms with Gasteiger partial charge in [-0.05, 0) is 59.5 Å². The number of likely N-dealkylation sites (tertiary alicyclic amines) is 1. The van der Waals surface area contributed by atoms with E-state index in [2.05, 4.69) is 41.7 Å². The largest absolute Gasteiger partial charge is 0.346 e. The molecule has 4 N–H and O–H groups in total. The van der Waals surface area contributed by atoms with Crippen molar-refractivity contribution in [2.75, 3.05) is 19.6 Å². The van der Waals surface area contributed by atoms with Crippen LogP contribution in [0.15, 0.2) is 41.8 Å². The van der Waals surface area contributed by atoms with Gasteiger partial charge in [-0.1, -0.05) is 65.3 Å². The van der Waals surface area contributed by atoms with Crippen molar-refractivity contribution >= 4 is 39.6 Å². The first-order chi connectivity index (χ1) is 25.3. The van der Waals surface area contributed by atoms with Gasteiger partial charge in [0.2, 0.25) is 34.0 Å². The number of hydrogen-bond donors (Lipinski definition) is 4. The molecule has 3 aliphatic carbocycles. The van der Waals surface area contributed by atoms with Crippen LogP contribution in [0.3, 0.4) is 0 Å². The topological polar surface area (TPSA) is 174 Å². The number of rotatable bonds is 14. The highest BCUT2D eigenvalue weighted by atomic mass is 32.2. The number of sulfonamides is 1. The Hall–Kier alpha value is -3.92. The van der Waals surface area contributed by atoms with Crippen LogP contribution in [0, 0.1) is 40.4 Å². The van der Waals surface area contributed by atoms with Crippen molar-refractivity contribution in [1.29, 1.82) is 0 Å². The number of urea groups is 1. The first-order valence-electron chi connectivity index (χ1n) is 18.8. The van der Waals surface area contributed by atoms with Crippen LogP contribution < -0.4 is 21.3 Å². The average Bonchev–Trinajstić information content (AvgIpc) is 3.65. The fourth-order valence-corrected chi connectivity index (χ4v) is 11.6. The van der Waals surface area contributed by atoms with Gasteiger partial charge < -0.3 is 26.2 Å². The number of hydrogen-bond acceptors (Lipinski definition) is 7. The van der Waals surface area contributed by atoms with Crippen LogP contribution in [0.25, 0.3) is 0 Å². The van der Waals surface area contributed by atoms with Gasteiger partial charge in [0.1, 0.15) is 18.1 Å². The zero-order valence-corrected chi connectivity index (χ0v) is 32.3. The molecule has 54 heavy (non-hydrogen) atoms. The van der Waals surface area contributed by atoms with Crippen molar-refractivity contribution in [3.8, 4) is 0 Å². The number of carbonyl (C=O) groups is 5. The number of benzene rings is 1. The summed E-state index contributed by atoms with van der Waals surface area (Å²) < 4.78 is 55.6. The molecule has 13 nitrogen and oxygen atoms in total. The fraction of sp³-hybridized carbons (Fsp3) is 0.658. The van der Waals surface area contributed by atoms with E-state index in [4.69, 9.17) is 0 Å². The molecular weight excluding hydrogens is 723 g/mol. The molecule has 1 aromatic carbocycles. The number of carbonyl (C=O) groups excluding carboxylic acids is 5. The number of amides is 5. The van der Waals surface area contributed by atoms with Gasteiger partial charge in [0.15, 0.2) is 0 Å². The lowest BCUT2D eigenvalue weighted by molar-refractivity contribution is -0.145. The fourth-order valence-electron chi connectivity index (χ4n) is 9.98. The van der Waals surface area contributed by atoms with Crippen LogP contribution in [0.4, 0.5) is 13.6 Å². The van der Waals surface area contributed by atoms with Gasteiger partial charge >= 0.3 is 6.03 Å². The van der Waals surface area contributed by atoms with E-state index in [-0.39, 0.29) is 60.2 Å². The number of fused-ring (bicyclic) bond motifs is 3. The number of nitrogens with one attached hydrogen (secondary N) is 4. The van der Waals surface area contributed by atoms with E-state index < -0.39 is 82.0 Å². The molecule has 5 aliphatic rings. The molecule has 2 aliphatic heterocycles. The van der Waals surface area contributed by atoms with Crippen LogP contribution >= 0.6 is 0 Å². The van der Waals surface area contributed by atoms with Crippen LogP contribution in [0.5, 0.6) is 0 Å². The molecule has 6 rings (SSSR count). The number of nitrogens with zero attached hydrogens (tertiary/aromatic N) is 2. The predicted octanol–water partition coefficient (Wildman–Crippen LogP) is 2.81. The highest BCUT2D eigenvalue weighted by molar-refractivity contribution is 7.89. The minimum Gasteiger partial charge on any atom is -0.346 e. The van der Waals surface area contributed by atoms with Gasteiger partial charge in [-0.25, -0.2) is 22.0 Å². The van der Waals surface area contributed by atoms with Crippen LogP contribution in [0.2, 0.25) is 0 Å². The molecule has 0 spiro atoms. The molecule has 3 saturated carbocycles. The molecule has 1 saturated heterocycles. The minimum absolute atomic E-state index is 0.0565. The summed E-state index contributed by atoms with van der Waals surface area (Å²) in [5.74, 6) is -3.19. The van der Waals surface area contributed by atoms with Crippen molar-refractivity contribution in [3.63, 3.8) is 0 Å². The third-order valence-electron chi connectivity index (χ3n) is 12.8. The van der Waals surface area contributed by atoms with E-state index in [1.807, 2.05) is 0 Å². The standard InChI is InChI=1S/C38H52F2N6O7S/c1-7-15-41-34(49)31(47)25(16-28(39)40)42-33(48)30-24-13-10-12-22(24)18-46(30)35(50)32(37(4,5)6)44-36(51)43-27(38-20(2)29(38)21(38)3)19-45-17-23-11-8-9-14-26(23)54(45,52)53/h7-9,11,14,20-22,24-25,27-30,32H,1,10,12-13,15-19H2,2-6H3,(H,41,49)(H,42,48)(H2,43,44,51)/t20?,21?,22-,24-,25-,27+,29?,30-,32+,38?/m0/s1. The second-order valence-corrected chi connectivity index (χ2v) is 18.7. The summed E-state index contributed by atoms with van der Waals surface area (Å²) in [6, 6.07) is 1.57. The number of alkyl halides is 2. The van der Waals surface area contributed by atoms with Gasteiger partial charge in [-0.3, -0.25) is 19.2 Å². The highest BCUT2D eigenvalue weighted by Crippen LogP contribution is 2.85. The normalized spacial score (nSPS) is 30.6. The van der Waals surface area contributed by atoms with Crippen molar-refractivity contribution in [3.05, 3.63) is 42.5 Å². The predicted molar refractivity (Wildman–Crippen MR) is 194 cm³/mol. The van der Waals surface area contributed by atoms with E-state index in [0.29, 0.717) is 17.9 Å². The van der Waals surface area contributed by atoms with E-state index in [9.17, 15) is 41.2 Å². The van der Waals surface area contributed by atoms with Crippen molar-refractivity contribution in [1.82, 2.24) is 30.5 Å². The minimum atomic E-state index is -3.77. The van der Waals surface area contributed by atoms with Gasteiger partial charge in [0.25, 0.3) is 5.91 Å². The molecule has 0 aromatic heterocycles. The van der Waals surface area contributed by atoms with Gasteiger partial charge in [-0.15, -0.1) is 6.58 Å². The van der Waals surface area contributed by atoms with Gasteiger partial charge in [0.05, 0.1) is 10.9 Å². The Morgan fingerprint density at radius 2 is 1.72 bits per heavy atom. The SMILES string of the molecule is C=CCNC(=O)C(=O)[C@H](CC(F)F)NC(=O)[C@@H]1[C@H]2CCC[C@H]2CN1C(=O)[C@@H](NC(=O)N[C@H](CN1Cc2ccccc2S1(=O)=O)C12C(C)C1C2C)C(C)(C)C. The molecule has 296 valence electrons. The molecule has 0 radical (unpaired) electrons. The first kappa shape index (κ1) is 39.8. The second kappa shape index (κ2) is 14.6. The van der Waals surface area contributed by atoms with Crippen LogP contribution in [-0.4, -0.2) is 97.4 Å². The van der Waals surface area contributed by atoms with Crippen LogP contribution in [0.1, 0.15) is 65.9 Å². The molecule has 16 heteroatoms. The summed E-state index contributed by atoms with van der Waals surface area (Å²) in [6.45, 7) is 13.3. The summed E-state index contributed by atoms with van der Waals surface area (Å²) in [6.07, 6.45) is -0.637. The summed E-state index contributed by atoms with van der Waals surface area (Å²) in [4.78, 5) is 69.4. The highest BCUT2D eigenvalue weighted by Gasteiger charge is 2.85.